The zero-order valence-electron chi connectivity index (χ0n) is 12.9. The predicted molar refractivity (Wildman–Crippen MR) is 77.1 cm³/mol. The van der Waals surface area contributed by atoms with Gasteiger partial charge in [0.15, 0.2) is 0 Å². The first-order chi connectivity index (χ1) is 8.83. The minimum atomic E-state index is -0.625. The molecular weight excluding hydrogens is 238 g/mol. The van der Waals surface area contributed by atoms with Gasteiger partial charge < -0.3 is 5.11 Å². The van der Waals surface area contributed by atoms with Crippen LogP contribution in [0.5, 0.6) is 0 Å². The van der Waals surface area contributed by atoms with Crippen LogP contribution in [0.4, 0.5) is 0 Å². The van der Waals surface area contributed by atoms with Crippen molar-refractivity contribution in [3.05, 3.63) is 0 Å². The van der Waals surface area contributed by atoms with Crippen molar-refractivity contribution in [2.75, 3.05) is 13.1 Å². The first-order valence-corrected chi connectivity index (χ1v) is 7.81. The zero-order chi connectivity index (χ0) is 14.2. The topological polar surface area (TPSA) is 40.5 Å². The number of aliphatic carboxylic acids is 1. The second kappa shape index (κ2) is 5.43. The maximum Gasteiger partial charge on any atom is 0.310 e. The molecule has 4 unspecified atom stereocenters. The minimum absolute atomic E-state index is 0.526. The molecule has 2 aliphatic rings. The van der Waals surface area contributed by atoms with E-state index >= 15 is 0 Å². The first kappa shape index (κ1) is 14.8. The van der Waals surface area contributed by atoms with Crippen LogP contribution < -0.4 is 0 Å². The van der Waals surface area contributed by atoms with E-state index in [1.54, 1.807) is 0 Å². The fourth-order valence-electron chi connectivity index (χ4n) is 4.03. The molecule has 0 aromatic heterocycles. The molecule has 0 radical (unpaired) electrons. The van der Waals surface area contributed by atoms with Crippen molar-refractivity contribution < 1.29 is 9.90 Å². The summed E-state index contributed by atoms with van der Waals surface area (Å²) < 4.78 is 0. The highest BCUT2D eigenvalue weighted by Crippen LogP contribution is 2.40. The van der Waals surface area contributed by atoms with Crippen molar-refractivity contribution in [2.24, 2.45) is 23.2 Å². The molecule has 1 aliphatic carbocycles. The third kappa shape index (κ3) is 2.96. The number of hydrogen-bond acceptors (Lipinski definition) is 2. The van der Waals surface area contributed by atoms with Gasteiger partial charge in [0.25, 0.3) is 0 Å². The van der Waals surface area contributed by atoms with Gasteiger partial charge in [0, 0.05) is 12.6 Å². The fraction of sp³-hybridized carbons (Fsp3) is 0.938. The van der Waals surface area contributed by atoms with E-state index in [0.29, 0.717) is 12.0 Å². The van der Waals surface area contributed by atoms with Crippen molar-refractivity contribution in [3.8, 4) is 0 Å². The van der Waals surface area contributed by atoms with E-state index in [2.05, 4.69) is 25.7 Å². The molecule has 1 aliphatic heterocycles. The molecule has 1 heterocycles. The van der Waals surface area contributed by atoms with Crippen molar-refractivity contribution in [1.82, 2.24) is 4.90 Å². The summed E-state index contributed by atoms with van der Waals surface area (Å²) in [6, 6.07) is 0.602. The van der Waals surface area contributed by atoms with Crippen molar-refractivity contribution >= 4 is 5.97 Å². The lowest BCUT2D eigenvalue weighted by Crippen LogP contribution is -2.46. The standard InChI is InChI=1S/C16H29NO2/c1-11(2)13-6-5-12(3)9-14(13)17-8-7-16(4,10-17)15(18)19/h11-14H,5-10H2,1-4H3,(H,18,19). The molecule has 1 saturated heterocycles. The highest BCUT2D eigenvalue weighted by molar-refractivity contribution is 5.74. The van der Waals surface area contributed by atoms with Gasteiger partial charge in [-0.05, 0) is 50.5 Å². The van der Waals surface area contributed by atoms with Crippen molar-refractivity contribution in [1.29, 1.82) is 0 Å². The molecule has 0 aromatic carbocycles. The van der Waals surface area contributed by atoms with Crippen LogP contribution in [-0.4, -0.2) is 35.1 Å². The molecule has 1 N–H and O–H groups in total. The maximum absolute atomic E-state index is 11.4. The SMILES string of the molecule is CC1CCC(C(C)C)C(N2CCC(C)(C(=O)O)C2)C1. The molecular formula is C16H29NO2. The molecule has 2 fully saturated rings. The Bertz CT molecular complexity index is 342. The average Bonchev–Trinajstić information content (AvgIpc) is 2.73. The van der Waals surface area contributed by atoms with Crippen LogP contribution in [0.25, 0.3) is 0 Å². The largest absolute Gasteiger partial charge is 0.481 e. The van der Waals surface area contributed by atoms with Crippen LogP contribution in [0.2, 0.25) is 0 Å². The Morgan fingerprint density at radius 1 is 1.37 bits per heavy atom. The molecule has 0 spiro atoms. The number of carbonyl (C=O) groups is 1. The molecule has 0 amide bonds. The molecule has 3 nitrogen and oxygen atoms in total. The molecule has 4 atom stereocenters. The van der Waals surface area contributed by atoms with Gasteiger partial charge in [0.2, 0.25) is 0 Å². The summed E-state index contributed by atoms with van der Waals surface area (Å²) >= 11 is 0. The number of carboxylic acid groups (broad SMARTS) is 1. The maximum atomic E-state index is 11.4. The van der Waals surface area contributed by atoms with Crippen LogP contribution in [0, 0.1) is 23.2 Å². The Hall–Kier alpha value is -0.570. The molecule has 1 saturated carbocycles. The quantitative estimate of drug-likeness (QED) is 0.853. The van der Waals surface area contributed by atoms with Crippen LogP contribution >= 0.6 is 0 Å². The normalized spacial score (nSPS) is 40.8. The molecule has 110 valence electrons. The second-order valence-electron chi connectivity index (χ2n) is 7.48. The number of rotatable bonds is 3. The van der Waals surface area contributed by atoms with Gasteiger partial charge in [-0.15, -0.1) is 0 Å². The Balaban J connectivity index is 2.09. The highest BCUT2D eigenvalue weighted by Gasteiger charge is 2.45. The van der Waals surface area contributed by atoms with Gasteiger partial charge in [-0.3, -0.25) is 9.69 Å². The lowest BCUT2D eigenvalue weighted by Gasteiger charge is -2.42. The van der Waals surface area contributed by atoms with Crippen LogP contribution in [-0.2, 0) is 4.79 Å². The summed E-state index contributed by atoms with van der Waals surface area (Å²) in [7, 11) is 0. The molecule has 0 bridgehead atoms. The van der Waals surface area contributed by atoms with Gasteiger partial charge in [-0.25, -0.2) is 0 Å². The Labute approximate surface area is 117 Å². The Morgan fingerprint density at radius 2 is 2.05 bits per heavy atom. The lowest BCUT2D eigenvalue weighted by molar-refractivity contribution is -0.147. The van der Waals surface area contributed by atoms with E-state index in [1.807, 2.05) is 6.92 Å². The van der Waals surface area contributed by atoms with Gasteiger partial charge in [-0.1, -0.05) is 27.2 Å². The molecule has 0 aromatic rings. The summed E-state index contributed by atoms with van der Waals surface area (Å²) in [5.74, 6) is 1.61. The van der Waals surface area contributed by atoms with E-state index in [0.717, 1.165) is 31.3 Å². The fourth-order valence-corrected chi connectivity index (χ4v) is 4.03. The number of hydrogen-bond donors (Lipinski definition) is 1. The summed E-state index contributed by atoms with van der Waals surface area (Å²) in [5.41, 5.74) is -0.526. The zero-order valence-corrected chi connectivity index (χ0v) is 12.9. The lowest BCUT2D eigenvalue weighted by atomic mass is 9.73. The van der Waals surface area contributed by atoms with E-state index < -0.39 is 11.4 Å². The second-order valence-corrected chi connectivity index (χ2v) is 7.48. The average molecular weight is 267 g/mol. The minimum Gasteiger partial charge on any atom is -0.481 e. The molecule has 2 rings (SSSR count). The predicted octanol–water partition coefficient (Wildman–Crippen LogP) is 3.24. The highest BCUT2D eigenvalue weighted by atomic mass is 16.4. The van der Waals surface area contributed by atoms with Crippen LogP contribution in [0.3, 0.4) is 0 Å². The van der Waals surface area contributed by atoms with E-state index in [1.165, 1.54) is 19.3 Å². The van der Waals surface area contributed by atoms with Gasteiger partial charge in [0.1, 0.15) is 0 Å². The van der Waals surface area contributed by atoms with E-state index in [-0.39, 0.29) is 0 Å². The smallest absolute Gasteiger partial charge is 0.310 e. The van der Waals surface area contributed by atoms with Gasteiger partial charge in [-0.2, -0.15) is 0 Å². The third-order valence-corrected chi connectivity index (χ3v) is 5.48. The van der Waals surface area contributed by atoms with E-state index in [4.69, 9.17) is 0 Å². The van der Waals surface area contributed by atoms with Crippen molar-refractivity contribution in [3.63, 3.8) is 0 Å². The van der Waals surface area contributed by atoms with Crippen molar-refractivity contribution in [2.45, 2.75) is 59.4 Å². The number of nitrogens with zero attached hydrogens (tertiary/aromatic N) is 1. The summed E-state index contributed by atoms with van der Waals surface area (Å²) in [6.07, 6.45) is 4.70. The summed E-state index contributed by atoms with van der Waals surface area (Å²) in [4.78, 5) is 13.9. The summed E-state index contributed by atoms with van der Waals surface area (Å²) in [6.45, 7) is 10.6. The monoisotopic (exact) mass is 267 g/mol. The van der Waals surface area contributed by atoms with Gasteiger partial charge >= 0.3 is 5.97 Å². The molecule has 3 heteroatoms. The number of carboxylic acids is 1. The van der Waals surface area contributed by atoms with Crippen LogP contribution in [0.1, 0.15) is 53.4 Å². The number of likely N-dealkylation sites (tertiary alicyclic amines) is 1. The third-order valence-electron chi connectivity index (χ3n) is 5.48. The van der Waals surface area contributed by atoms with Gasteiger partial charge in [0.05, 0.1) is 5.41 Å². The molecule has 19 heavy (non-hydrogen) atoms. The Morgan fingerprint density at radius 3 is 2.58 bits per heavy atom. The first-order valence-electron chi connectivity index (χ1n) is 7.81. The van der Waals surface area contributed by atoms with E-state index in [9.17, 15) is 9.90 Å². The van der Waals surface area contributed by atoms with Crippen LogP contribution in [0.15, 0.2) is 0 Å². The summed E-state index contributed by atoms with van der Waals surface area (Å²) in [5, 5.41) is 9.39. The Kier molecular flexibility index (Phi) is 4.24.